The molecule has 0 aliphatic carbocycles. The minimum absolute atomic E-state index is 0. The van der Waals surface area contributed by atoms with Crippen LogP contribution in [-0.4, -0.2) is 15.0 Å². The third kappa shape index (κ3) is 4.62. The molecule has 5 heteroatoms. The summed E-state index contributed by atoms with van der Waals surface area (Å²) >= 11 is 0. The van der Waals surface area contributed by atoms with E-state index in [4.69, 9.17) is 5.73 Å². The Morgan fingerprint density at radius 3 is 2.08 bits per heavy atom. The van der Waals surface area contributed by atoms with E-state index in [0.717, 1.165) is 22.6 Å². The molecule has 4 nitrogen and oxygen atoms in total. The van der Waals surface area contributed by atoms with E-state index >= 15 is 0 Å². The van der Waals surface area contributed by atoms with Crippen molar-refractivity contribution < 1.29 is 17.1 Å². The molecule has 0 saturated heterocycles. The van der Waals surface area contributed by atoms with E-state index in [9.17, 15) is 0 Å². The van der Waals surface area contributed by atoms with Crippen LogP contribution in [0.1, 0.15) is 0 Å². The van der Waals surface area contributed by atoms with Gasteiger partial charge >= 0.3 is 0 Å². The number of nitrogens with two attached hydrogens (primary N) is 1. The second-order valence-electron chi connectivity index (χ2n) is 4.85. The Kier molecular flexibility index (Phi) is 6.43. The van der Waals surface area contributed by atoms with Gasteiger partial charge < -0.3 is 36.1 Å². The van der Waals surface area contributed by atoms with E-state index in [1.54, 1.807) is 6.20 Å². The Balaban J connectivity index is 0.000000300. The SMILES string of the molecule is Nc1nc(-c2ccccn2)cc(-[c-]2cccc2)n1.[Fe].[cH-]1[cH-][cH-][cH-][cH-]1. The summed E-state index contributed by atoms with van der Waals surface area (Å²) in [6.07, 6.45) is 1.73. The first-order chi connectivity index (χ1) is 11.3. The van der Waals surface area contributed by atoms with Crippen LogP contribution in [-0.2, 0) is 17.1 Å². The van der Waals surface area contributed by atoms with Crippen LogP contribution in [0.5, 0.6) is 0 Å². The summed E-state index contributed by atoms with van der Waals surface area (Å²) in [5, 5.41) is 0. The standard InChI is InChI=1S/C14H11N4.C5H5.Fe/c15-14-17-12(10-5-1-2-6-10)9-13(18-14)11-7-3-4-8-16-11;1-2-4-5-3-1;/h1-9H,(H2,15,17,18);1-5H;/q-1;-5;. The first-order valence-electron chi connectivity index (χ1n) is 7.27. The normalized spacial score (nSPS) is 9.50. The molecule has 2 N–H and O–H groups in total. The number of hydrogen-bond acceptors (Lipinski definition) is 4. The van der Waals surface area contributed by atoms with Crippen molar-refractivity contribution in [2.24, 2.45) is 0 Å². The predicted molar refractivity (Wildman–Crippen MR) is 92.7 cm³/mol. The Bertz CT molecular complexity index is 808. The first-order valence-corrected chi connectivity index (χ1v) is 7.27. The number of aromatic nitrogens is 3. The summed E-state index contributed by atoms with van der Waals surface area (Å²) in [6, 6.07) is 25.5. The number of nitrogens with zero attached hydrogens (tertiary/aromatic N) is 3. The summed E-state index contributed by atoms with van der Waals surface area (Å²) in [7, 11) is 0. The average Bonchev–Trinajstić information content (AvgIpc) is 3.31. The van der Waals surface area contributed by atoms with E-state index in [0.29, 0.717) is 0 Å². The third-order valence-corrected chi connectivity index (χ3v) is 3.18. The second-order valence-corrected chi connectivity index (χ2v) is 4.85. The van der Waals surface area contributed by atoms with Gasteiger partial charge in [-0.1, -0.05) is 17.7 Å². The molecule has 0 radical (unpaired) electrons. The molecule has 2 aromatic heterocycles. The van der Waals surface area contributed by atoms with E-state index in [1.807, 2.05) is 78.9 Å². The van der Waals surface area contributed by atoms with E-state index in [-0.39, 0.29) is 23.0 Å². The minimum Gasteiger partial charge on any atom is -0.748 e. The zero-order valence-electron chi connectivity index (χ0n) is 12.9. The van der Waals surface area contributed by atoms with Crippen molar-refractivity contribution in [2.75, 3.05) is 5.73 Å². The fraction of sp³-hybridized carbons (Fsp3) is 0. The maximum Gasteiger partial charge on any atom is 0.218 e. The van der Waals surface area contributed by atoms with Gasteiger partial charge in [0.2, 0.25) is 5.95 Å². The molecule has 0 aliphatic heterocycles. The molecule has 126 valence electrons. The Morgan fingerprint density at radius 1 is 0.833 bits per heavy atom. The molecule has 24 heavy (non-hydrogen) atoms. The van der Waals surface area contributed by atoms with Crippen molar-refractivity contribution in [1.82, 2.24) is 15.0 Å². The van der Waals surface area contributed by atoms with Crippen molar-refractivity contribution in [3.05, 3.63) is 85.1 Å². The topological polar surface area (TPSA) is 64.7 Å². The molecule has 0 unspecified atom stereocenters. The van der Waals surface area contributed by atoms with Crippen LogP contribution in [0.15, 0.2) is 85.1 Å². The van der Waals surface area contributed by atoms with E-state index in [1.165, 1.54) is 0 Å². The molecule has 0 atom stereocenters. The Labute approximate surface area is 151 Å². The van der Waals surface area contributed by atoms with Gasteiger partial charge in [0.1, 0.15) is 0 Å². The summed E-state index contributed by atoms with van der Waals surface area (Å²) in [5.74, 6) is 0.259. The molecule has 0 fully saturated rings. The molecule has 2 heterocycles. The molecule has 4 rings (SSSR count). The smallest absolute Gasteiger partial charge is 0.218 e. The summed E-state index contributed by atoms with van der Waals surface area (Å²) in [6.45, 7) is 0. The number of nitrogen functional groups attached to an aromatic ring is 1. The Hall–Kier alpha value is -2.75. The van der Waals surface area contributed by atoms with Crippen LogP contribution in [0, 0.1) is 0 Å². The van der Waals surface area contributed by atoms with Crippen LogP contribution in [0.2, 0.25) is 0 Å². The maximum atomic E-state index is 5.75. The van der Waals surface area contributed by atoms with E-state index in [2.05, 4.69) is 15.0 Å². The summed E-state index contributed by atoms with van der Waals surface area (Å²) in [4.78, 5) is 12.7. The van der Waals surface area contributed by atoms with Crippen molar-refractivity contribution in [1.29, 1.82) is 0 Å². The number of rotatable bonds is 2. The van der Waals surface area contributed by atoms with Crippen molar-refractivity contribution in [3.8, 4) is 22.6 Å². The molecule has 2 aromatic carbocycles. The van der Waals surface area contributed by atoms with Gasteiger partial charge in [-0.2, -0.15) is 12.1 Å². The second kappa shape index (κ2) is 8.77. The number of anilines is 1. The maximum absolute atomic E-state index is 5.75. The molecule has 0 saturated carbocycles. The van der Waals surface area contributed by atoms with Crippen molar-refractivity contribution in [2.45, 2.75) is 0 Å². The summed E-state index contributed by atoms with van der Waals surface area (Å²) in [5.41, 5.74) is 9.12. The zero-order valence-corrected chi connectivity index (χ0v) is 14.0. The van der Waals surface area contributed by atoms with Crippen molar-refractivity contribution in [3.63, 3.8) is 0 Å². The van der Waals surface area contributed by atoms with Crippen LogP contribution >= 0.6 is 0 Å². The third-order valence-electron chi connectivity index (χ3n) is 3.18. The molecule has 0 spiro atoms. The molecular formula is C19H16FeN4-6. The molecule has 0 amide bonds. The van der Waals surface area contributed by atoms with Crippen LogP contribution in [0.3, 0.4) is 0 Å². The molecule has 0 aliphatic rings. The van der Waals surface area contributed by atoms with Gasteiger partial charge in [-0.15, -0.1) is 12.1 Å². The largest absolute Gasteiger partial charge is 0.748 e. The van der Waals surface area contributed by atoms with Gasteiger partial charge in [-0.25, -0.2) is 9.97 Å². The van der Waals surface area contributed by atoms with Gasteiger partial charge in [-0.3, -0.25) is 4.98 Å². The average molecular weight is 356 g/mol. The van der Waals surface area contributed by atoms with Gasteiger partial charge in [0, 0.05) is 23.3 Å². The van der Waals surface area contributed by atoms with Crippen molar-refractivity contribution >= 4 is 5.95 Å². The molecular weight excluding hydrogens is 340 g/mol. The van der Waals surface area contributed by atoms with Gasteiger partial charge in [0.25, 0.3) is 0 Å². The zero-order chi connectivity index (χ0) is 15.9. The van der Waals surface area contributed by atoms with Crippen LogP contribution in [0.4, 0.5) is 5.95 Å². The molecule has 0 bridgehead atoms. The quantitative estimate of drug-likeness (QED) is 0.437. The van der Waals surface area contributed by atoms with Gasteiger partial charge in [0.15, 0.2) is 0 Å². The number of pyridine rings is 1. The predicted octanol–water partition coefficient (Wildman–Crippen LogP) is 3.91. The Morgan fingerprint density at radius 2 is 1.50 bits per heavy atom. The fourth-order valence-corrected chi connectivity index (χ4v) is 2.12. The van der Waals surface area contributed by atoms with E-state index < -0.39 is 0 Å². The first kappa shape index (κ1) is 17.6. The van der Waals surface area contributed by atoms with Crippen LogP contribution < -0.4 is 5.73 Å². The minimum atomic E-state index is 0. The van der Waals surface area contributed by atoms with Gasteiger partial charge in [0.05, 0.1) is 11.4 Å². The van der Waals surface area contributed by atoms with Crippen LogP contribution in [0.25, 0.3) is 22.6 Å². The van der Waals surface area contributed by atoms with Gasteiger partial charge in [-0.05, 0) is 17.8 Å². The monoisotopic (exact) mass is 356 g/mol. The molecule has 4 aromatic rings. The number of hydrogen-bond donors (Lipinski definition) is 1. The fourth-order valence-electron chi connectivity index (χ4n) is 2.12. The summed E-state index contributed by atoms with van der Waals surface area (Å²) < 4.78 is 0.